The molecular formula is C23H27N3O2. The highest BCUT2D eigenvalue weighted by Gasteiger charge is 2.38. The summed E-state index contributed by atoms with van der Waals surface area (Å²) in [4.78, 5) is 30.0. The summed E-state index contributed by atoms with van der Waals surface area (Å²) in [5.74, 6) is -0.0577. The van der Waals surface area contributed by atoms with Crippen molar-refractivity contribution >= 4 is 23.2 Å². The molecule has 0 spiro atoms. The molecule has 0 aliphatic carbocycles. The second kappa shape index (κ2) is 7.66. The van der Waals surface area contributed by atoms with Gasteiger partial charge in [-0.25, -0.2) is 0 Å². The number of nitrogens with zero attached hydrogens (tertiary/aromatic N) is 2. The summed E-state index contributed by atoms with van der Waals surface area (Å²) in [6.07, 6.45) is 4.21. The first-order chi connectivity index (χ1) is 13.6. The molecule has 1 saturated heterocycles. The predicted octanol–water partition coefficient (Wildman–Crippen LogP) is 4.29. The van der Waals surface area contributed by atoms with Gasteiger partial charge in [-0.1, -0.05) is 19.1 Å². The second-order valence-corrected chi connectivity index (χ2v) is 7.50. The van der Waals surface area contributed by atoms with Crippen molar-refractivity contribution in [3.63, 3.8) is 0 Å². The zero-order valence-corrected chi connectivity index (χ0v) is 16.6. The third kappa shape index (κ3) is 3.26. The van der Waals surface area contributed by atoms with Crippen molar-refractivity contribution in [1.29, 1.82) is 0 Å². The van der Waals surface area contributed by atoms with E-state index in [1.165, 1.54) is 5.56 Å². The van der Waals surface area contributed by atoms with Gasteiger partial charge in [0.15, 0.2) is 0 Å². The number of carbonyl (C=O) groups is 2. The SMILES string of the molecule is CCc1cccc(NC(=O)c2ccc3c(c2)N(CC)C2CCCCN2C3=O)c1. The Kier molecular flexibility index (Phi) is 5.07. The quantitative estimate of drug-likeness (QED) is 0.865. The fourth-order valence-corrected chi connectivity index (χ4v) is 4.33. The van der Waals surface area contributed by atoms with Crippen LogP contribution >= 0.6 is 0 Å². The maximum absolute atomic E-state index is 13.0. The van der Waals surface area contributed by atoms with Crippen LogP contribution in [0, 0.1) is 0 Å². The van der Waals surface area contributed by atoms with E-state index in [4.69, 9.17) is 0 Å². The highest BCUT2D eigenvalue weighted by atomic mass is 16.2. The summed E-state index contributed by atoms with van der Waals surface area (Å²) in [6.45, 7) is 5.82. The smallest absolute Gasteiger partial charge is 0.257 e. The van der Waals surface area contributed by atoms with Gasteiger partial charge >= 0.3 is 0 Å². The molecule has 1 fully saturated rings. The number of benzene rings is 2. The lowest BCUT2D eigenvalue weighted by Crippen LogP contribution is -2.57. The molecule has 28 heavy (non-hydrogen) atoms. The second-order valence-electron chi connectivity index (χ2n) is 7.50. The van der Waals surface area contributed by atoms with Gasteiger partial charge in [0.1, 0.15) is 6.17 Å². The zero-order valence-electron chi connectivity index (χ0n) is 16.6. The van der Waals surface area contributed by atoms with Crippen LogP contribution in [0.15, 0.2) is 42.5 Å². The highest BCUT2D eigenvalue weighted by Crippen LogP contribution is 2.35. The van der Waals surface area contributed by atoms with Gasteiger partial charge in [-0.05, 0) is 68.5 Å². The lowest BCUT2D eigenvalue weighted by molar-refractivity contribution is 0.0582. The van der Waals surface area contributed by atoms with E-state index < -0.39 is 0 Å². The van der Waals surface area contributed by atoms with Crippen LogP contribution in [0.5, 0.6) is 0 Å². The molecule has 2 aromatic carbocycles. The minimum Gasteiger partial charge on any atom is -0.351 e. The summed E-state index contributed by atoms with van der Waals surface area (Å²) in [5, 5.41) is 2.99. The van der Waals surface area contributed by atoms with Gasteiger partial charge in [-0.3, -0.25) is 9.59 Å². The normalized spacial score (nSPS) is 18.5. The lowest BCUT2D eigenvalue weighted by atomic mass is 9.97. The third-order valence-electron chi connectivity index (χ3n) is 5.83. The topological polar surface area (TPSA) is 52.7 Å². The molecule has 1 atom stereocenters. The van der Waals surface area contributed by atoms with Crippen molar-refractivity contribution in [2.24, 2.45) is 0 Å². The Bertz CT molecular complexity index is 908. The van der Waals surface area contributed by atoms with Gasteiger partial charge in [-0.2, -0.15) is 0 Å². The molecule has 1 unspecified atom stereocenters. The molecule has 0 saturated carbocycles. The lowest BCUT2D eigenvalue weighted by Gasteiger charge is -2.47. The minimum absolute atomic E-state index is 0.0898. The monoisotopic (exact) mass is 377 g/mol. The summed E-state index contributed by atoms with van der Waals surface area (Å²) < 4.78 is 0. The summed E-state index contributed by atoms with van der Waals surface area (Å²) in [6, 6.07) is 13.3. The molecule has 0 bridgehead atoms. The molecule has 2 heterocycles. The number of fused-ring (bicyclic) bond motifs is 2. The fraction of sp³-hybridized carbons (Fsp3) is 0.391. The van der Waals surface area contributed by atoms with E-state index >= 15 is 0 Å². The zero-order chi connectivity index (χ0) is 19.7. The van der Waals surface area contributed by atoms with Gasteiger partial charge in [0.25, 0.3) is 11.8 Å². The third-order valence-corrected chi connectivity index (χ3v) is 5.83. The Labute approximate surface area is 166 Å². The van der Waals surface area contributed by atoms with Crippen molar-refractivity contribution in [3.05, 3.63) is 59.2 Å². The predicted molar refractivity (Wildman–Crippen MR) is 112 cm³/mol. The van der Waals surface area contributed by atoms with Crippen molar-refractivity contribution in [2.75, 3.05) is 23.3 Å². The summed E-state index contributed by atoms with van der Waals surface area (Å²) in [7, 11) is 0. The van der Waals surface area contributed by atoms with Crippen molar-refractivity contribution in [3.8, 4) is 0 Å². The molecule has 2 aliphatic rings. The van der Waals surface area contributed by atoms with Gasteiger partial charge in [0, 0.05) is 24.3 Å². The van der Waals surface area contributed by atoms with E-state index in [1.54, 1.807) is 6.07 Å². The van der Waals surface area contributed by atoms with Gasteiger partial charge < -0.3 is 15.1 Å². The number of nitrogens with one attached hydrogen (secondary N) is 1. The number of hydrogen-bond donors (Lipinski definition) is 1. The number of amides is 2. The van der Waals surface area contributed by atoms with Gasteiger partial charge in [0.05, 0.1) is 11.3 Å². The van der Waals surface area contributed by atoms with Crippen LogP contribution < -0.4 is 10.2 Å². The molecule has 1 N–H and O–H groups in total. The van der Waals surface area contributed by atoms with E-state index in [2.05, 4.69) is 30.1 Å². The van der Waals surface area contributed by atoms with E-state index in [0.717, 1.165) is 50.1 Å². The molecule has 4 rings (SSSR count). The molecule has 0 aromatic heterocycles. The first-order valence-corrected chi connectivity index (χ1v) is 10.2. The van der Waals surface area contributed by atoms with E-state index in [-0.39, 0.29) is 18.0 Å². The maximum atomic E-state index is 13.0. The van der Waals surface area contributed by atoms with Crippen molar-refractivity contribution in [1.82, 2.24) is 4.90 Å². The Morgan fingerprint density at radius 3 is 2.79 bits per heavy atom. The fourth-order valence-electron chi connectivity index (χ4n) is 4.33. The van der Waals surface area contributed by atoms with E-state index in [0.29, 0.717) is 11.1 Å². The van der Waals surface area contributed by atoms with Crippen LogP contribution in [0.1, 0.15) is 59.4 Å². The number of rotatable bonds is 4. The first-order valence-electron chi connectivity index (χ1n) is 10.2. The Hall–Kier alpha value is -2.82. The molecule has 5 nitrogen and oxygen atoms in total. The summed E-state index contributed by atoms with van der Waals surface area (Å²) in [5.41, 5.74) is 4.14. The van der Waals surface area contributed by atoms with Gasteiger partial charge in [-0.15, -0.1) is 0 Å². The Morgan fingerprint density at radius 1 is 1.14 bits per heavy atom. The van der Waals surface area contributed by atoms with Crippen molar-refractivity contribution in [2.45, 2.75) is 45.7 Å². The molecule has 146 valence electrons. The van der Waals surface area contributed by atoms with Crippen LogP contribution in [0.25, 0.3) is 0 Å². The molecule has 5 heteroatoms. The largest absolute Gasteiger partial charge is 0.351 e. The average Bonchev–Trinajstić information content (AvgIpc) is 2.74. The number of piperidine rings is 1. The molecule has 2 aromatic rings. The molecule has 2 aliphatic heterocycles. The Morgan fingerprint density at radius 2 is 2.00 bits per heavy atom. The van der Waals surface area contributed by atoms with Crippen LogP contribution in [-0.4, -0.2) is 36.0 Å². The van der Waals surface area contributed by atoms with Crippen molar-refractivity contribution < 1.29 is 9.59 Å². The van der Waals surface area contributed by atoms with Crippen LogP contribution in [0.4, 0.5) is 11.4 Å². The highest BCUT2D eigenvalue weighted by molar-refractivity contribution is 6.08. The first kappa shape index (κ1) is 18.5. The minimum atomic E-state index is -0.148. The van der Waals surface area contributed by atoms with E-state index in [1.807, 2.05) is 35.2 Å². The number of hydrogen-bond acceptors (Lipinski definition) is 3. The average molecular weight is 377 g/mol. The number of anilines is 2. The van der Waals surface area contributed by atoms with Crippen LogP contribution in [-0.2, 0) is 6.42 Å². The van der Waals surface area contributed by atoms with E-state index in [9.17, 15) is 9.59 Å². The Balaban J connectivity index is 1.64. The number of carbonyl (C=O) groups excluding carboxylic acids is 2. The van der Waals surface area contributed by atoms with Crippen LogP contribution in [0.2, 0.25) is 0 Å². The molecular weight excluding hydrogens is 350 g/mol. The standard InChI is InChI=1S/C23H27N3O2/c1-3-16-8-7-9-18(14-16)24-22(27)17-11-12-19-20(15-17)25(4-2)21-10-5-6-13-26(21)23(19)28/h7-9,11-12,14-15,21H,3-6,10,13H2,1-2H3,(H,24,27). The van der Waals surface area contributed by atoms with Crippen LogP contribution in [0.3, 0.4) is 0 Å². The number of aryl methyl sites for hydroxylation is 1. The summed E-state index contributed by atoms with van der Waals surface area (Å²) >= 11 is 0. The molecule has 0 radical (unpaired) electrons. The van der Waals surface area contributed by atoms with Gasteiger partial charge in [0.2, 0.25) is 0 Å². The molecule has 2 amide bonds. The maximum Gasteiger partial charge on any atom is 0.257 e.